The number of benzene rings is 2. The van der Waals surface area contributed by atoms with Crippen LogP contribution in [0, 0.1) is 12.8 Å². The zero-order chi connectivity index (χ0) is 25.9. The average Bonchev–Trinajstić information content (AvgIpc) is 3.25. The third-order valence-electron chi connectivity index (χ3n) is 6.99. The van der Waals surface area contributed by atoms with Gasteiger partial charge < -0.3 is 19.7 Å². The van der Waals surface area contributed by atoms with Crippen LogP contribution in [0.1, 0.15) is 53.0 Å². The van der Waals surface area contributed by atoms with Crippen LogP contribution in [-0.4, -0.2) is 72.6 Å². The van der Waals surface area contributed by atoms with Crippen molar-refractivity contribution < 1.29 is 23.9 Å². The van der Waals surface area contributed by atoms with Crippen molar-refractivity contribution in [1.29, 1.82) is 0 Å². The highest BCUT2D eigenvalue weighted by Gasteiger charge is 2.54. The molecule has 1 atom stereocenters. The van der Waals surface area contributed by atoms with Gasteiger partial charge in [0.1, 0.15) is 17.5 Å². The Hall–Kier alpha value is -3.39. The first-order valence-corrected chi connectivity index (χ1v) is 12.5. The van der Waals surface area contributed by atoms with Crippen molar-refractivity contribution in [1.82, 2.24) is 15.1 Å². The van der Waals surface area contributed by atoms with Gasteiger partial charge >= 0.3 is 0 Å². The van der Waals surface area contributed by atoms with E-state index in [2.05, 4.69) is 5.32 Å². The van der Waals surface area contributed by atoms with Crippen molar-refractivity contribution in [2.24, 2.45) is 5.92 Å². The Kier molecular flexibility index (Phi) is 7.64. The third kappa shape index (κ3) is 5.09. The molecule has 192 valence electrons. The van der Waals surface area contributed by atoms with E-state index in [-0.39, 0.29) is 30.2 Å². The van der Waals surface area contributed by atoms with Crippen LogP contribution in [0.25, 0.3) is 0 Å². The van der Waals surface area contributed by atoms with Gasteiger partial charge in [-0.1, -0.05) is 38.1 Å². The Morgan fingerprint density at radius 3 is 2.47 bits per heavy atom. The summed E-state index contributed by atoms with van der Waals surface area (Å²) in [6.07, 6.45) is 0.850. The molecule has 0 aromatic heterocycles. The van der Waals surface area contributed by atoms with Crippen LogP contribution < -0.4 is 10.1 Å². The molecule has 4 rings (SSSR count). The second-order valence-electron chi connectivity index (χ2n) is 9.93. The van der Waals surface area contributed by atoms with E-state index in [1.807, 2.05) is 39.0 Å². The maximum Gasteiger partial charge on any atom is 0.257 e. The van der Waals surface area contributed by atoms with Crippen LogP contribution >= 0.6 is 0 Å². The lowest BCUT2D eigenvalue weighted by molar-refractivity contribution is -0.128. The van der Waals surface area contributed by atoms with Gasteiger partial charge in [-0.25, -0.2) is 0 Å². The molecule has 2 aromatic rings. The second kappa shape index (κ2) is 10.7. The molecule has 0 aliphatic carbocycles. The number of nitrogens with zero attached hydrogens (tertiary/aromatic N) is 2. The first-order valence-electron chi connectivity index (χ1n) is 12.5. The maximum absolute atomic E-state index is 13.9. The normalized spacial score (nSPS) is 19.0. The number of aryl methyl sites for hydroxylation is 1. The molecule has 2 fully saturated rings. The monoisotopic (exact) mass is 493 g/mol. The van der Waals surface area contributed by atoms with E-state index in [9.17, 15) is 14.4 Å². The highest BCUT2D eigenvalue weighted by molar-refractivity contribution is 5.99. The Labute approximate surface area is 212 Å². The van der Waals surface area contributed by atoms with Crippen LogP contribution in [0.4, 0.5) is 0 Å². The van der Waals surface area contributed by atoms with E-state index in [1.54, 1.807) is 47.2 Å². The standard InChI is InChI=1S/C28H35N3O5/c1-19(2)17-29-25(32)24-18-36-28(31(24)27(34)23-11-6-5-8-20(23)3)12-14-30(15-13-28)26(33)21-9-7-10-22(16-21)35-4/h5-11,16,19,24H,12-15,17-18H2,1-4H3,(H,29,32). The van der Waals surface area contributed by atoms with E-state index in [0.29, 0.717) is 49.4 Å². The number of carbonyl (C=O) groups is 3. The van der Waals surface area contributed by atoms with Gasteiger partial charge in [-0.15, -0.1) is 0 Å². The molecular formula is C28H35N3O5. The van der Waals surface area contributed by atoms with E-state index in [1.165, 1.54) is 0 Å². The van der Waals surface area contributed by atoms with Gasteiger partial charge in [-0.3, -0.25) is 19.3 Å². The Morgan fingerprint density at radius 1 is 1.08 bits per heavy atom. The van der Waals surface area contributed by atoms with Crippen LogP contribution in [0.3, 0.4) is 0 Å². The minimum absolute atomic E-state index is 0.0928. The Balaban J connectivity index is 1.57. The van der Waals surface area contributed by atoms with Gasteiger partial charge in [-0.05, 0) is 42.7 Å². The van der Waals surface area contributed by atoms with Gasteiger partial charge in [0, 0.05) is 43.6 Å². The summed E-state index contributed by atoms with van der Waals surface area (Å²) in [5.41, 5.74) is 1.01. The summed E-state index contributed by atoms with van der Waals surface area (Å²) in [5, 5.41) is 2.97. The highest BCUT2D eigenvalue weighted by atomic mass is 16.5. The number of nitrogens with one attached hydrogen (secondary N) is 1. The molecule has 2 saturated heterocycles. The van der Waals surface area contributed by atoms with Gasteiger partial charge in [-0.2, -0.15) is 0 Å². The Bertz CT molecular complexity index is 1120. The lowest BCUT2D eigenvalue weighted by Gasteiger charge is -2.44. The van der Waals surface area contributed by atoms with E-state index in [4.69, 9.17) is 9.47 Å². The number of hydrogen-bond acceptors (Lipinski definition) is 5. The molecule has 1 N–H and O–H groups in total. The molecule has 1 unspecified atom stereocenters. The van der Waals surface area contributed by atoms with Gasteiger partial charge in [0.25, 0.3) is 11.8 Å². The molecular weight excluding hydrogens is 458 g/mol. The van der Waals surface area contributed by atoms with Crippen LogP contribution in [0.2, 0.25) is 0 Å². The molecule has 8 heteroatoms. The highest BCUT2D eigenvalue weighted by Crippen LogP contribution is 2.39. The first-order chi connectivity index (χ1) is 17.3. The lowest BCUT2D eigenvalue weighted by atomic mass is 9.95. The number of rotatable bonds is 6. The van der Waals surface area contributed by atoms with Gasteiger partial charge in [0.15, 0.2) is 0 Å². The second-order valence-corrected chi connectivity index (χ2v) is 9.93. The van der Waals surface area contributed by atoms with E-state index >= 15 is 0 Å². The van der Waals surface area contributed by atoms with Crippen LogP contribution in [0.15, 0.2) is 48.5 Å². The molecule has 2 aliphatic heterocycles. The molecule has 8 nitrogen and oxygen atoms in total. The first kappa shape index (κ1) is 25.7. The van der Waals surface area contributed by atoms with Crippen molar-refractivity contribution in [2.75, 3.05) is 33.4 Å². The summed E-state index contributed by atoms with van der Waals surface area (Å²) in [4.78, 5) is 43.6. The molecule has 1 spiro atoms. The van der Waals surface area contributed by atoms with Crippen LogP contribution in [0.5, 0.6) is 5.75 Å². The molecule has 0 bridgehead atoms. The SMILES string of the molecule is COc1cccc(C(=O)N2CCC3(CC2)OCC(C(=O)NCC(C)C)N3C(=O)c2ccccc2C)c1. The predicted octanol–water partition coefficient (Wildman–Crippen LogP) is 3.25. The summed E-state index contributed by atoms with van der Waals surface area (Å²) in [6, 6.07) is 13.7. The Morgan fingerprint density at radius 2 is 1.81 bits per heavy atom. The van der Waals surface area contributed by atoms with Crippen molar-refractivity contribution in [3.8, 4) is 5.75 Å². The van der Waals surface area contributed by atoms with E-state index < -0.39 is 11.8 Å². The maximum atomic E-state index is 13.9. The zero-order valence-corrected chi connectivity index (χ0v) is 21.5. The minimum Gasteiger partial charge on any atom is -0.497 e. The average molecular weight is 494 g/mol. The quantitative estimate of drug-likeness (QED) is 0.668. The number of likely N-dealkylation sites (tertiary alicyclic amines) is 1. The van der Waals surface area contributed by atoms with Crippen LogP contribution in [-0.2, 0) is 9.53 Å². The summed E-state index contributed by atoms with van der Waals surface area (Å²) in [5.74, 6) is 0.389. The minimum atomic E-state index is -0.940. The summed E-state index contributed by atoms with van der Waals surface area (Å²) in [7, 11) is 1.57. The fourth-order valence-corrected chi connectivity index (χ4v) is 4.93. The number of hydrogen-bond donors (Lipinski definition) is 1. The zero-order valence-electron chi connectivity index (χ0n) is 21.5. The molecule has 3 amide bonds. The number of ether oxygens (including phenoxy) is 2. The molecule has 2 aliphatic rings. The predicted molar refractivity (Wildman–Crippen MR) is 136 cm³/mol. The number of carbonyl (C=O) groups excluding carboxylic acids is 3. The summed E-state index contributed by atoms with van der Waals surface area (Å²) in [6.45, 7) is 7.42. The molecule has 0 radical (unpaired) electrons. The largest absolute Gasteiger partial charge is 0.497 e. The van der Waals surface area contributed by atoms with Crippen molar-refractivity contribution >= 4 is 17.7 Å². The van der Waals surface area contributed by atoms with Crippen molar-refractivity contribution in [3.05, 3.63) is 65.2 Å². The molecule has 36 heavy (non-hydrogen) atoms. The fraction of sp³-hybridized carbons (Fsp3) is 0.464. The fourth-order valence-electron chi connectivity index (χ4n) is 4.93. The third-order valence-corrected chi connectivity index (χ3v) is 6.99. The summed E-state index contributed by atoms with van der Waals surface area (Å²) >= 11 is 0. The lowest BCUT2D eigenvalue weighted by Crippen LogP contribution is -2.60. The van der Waals surface area contributed by atoms with E-state index in [0.717, 1.165) is 5.56 Å². The molecule has 2 heterocycles. The molecule has 2 aromatic carbocycles. The van der Waals surface area contributed by atoms with Gasteiger partial charge in [0.2, 0.25) is 5.91 Å². The van der Waals surface area contributed by atoms with Gasteiger partial charge in [0.05, 0.1) is 13.7 Å². The molecule has 0 saturated carbocycles. The summed E-state index contributed by atoms with van der Waals surface area (Å²) < 4.78 is 11.5. The topological polar surface area (TPSA) is 88.2 Å². The number of amides is 3. The number of piperidine rings is 1. The smallest absolute Gasteiger partial charge is 0.257 e. The van der Waals surface area contributed by atoms with Crippen molar-refractivity contribution in [2.45, 2.75) is 45.4 Å². The van der Waals surface area contributed by atoms with Crippen molar-refractivity contribution in [3.63, 3.8) is 0 Å². The number of methoxy groups -OCH3 is 1.